The van der Waals surface area contributed by atoms with E-state index in [0.29, 0.717) is 12.1 Å². The van der Waals surface area contributed by atoms with Gasteiger partial charge in [-0.25, -0.2) is 4.39 Å². The van der Waals surface area contributed by atoms with Gasteiger partial charge in [0.05, 0.1) is 6.10 Å². The Balaban J connectivity index is 2.73. The van der Waals surface area contributed by atoms with E-state index in [-0.39, 0.29) is 5.82 Å². The monoisotopic (exact) mass is 187 g/mol. The maximum atomic E-state index is 12.6. The molecule has 2 N–H and O–H groups in total. The molecule has 1 unspecified atom stereocenters. The summed E-state index contributed by atoms with van der Waals surface area (Å²) < 4.78 is 15.1. The third-order valence-electron chi connectivity index (χ3n) is 1.52. The molecule has 0 saturated carbocycles. The lowest BCUT2D eigenvalue weighted by Crippen LogP contribution is -2.12. The highest BCUT2D eigenvalue weighted by atomic mass is 32.1. The Morgan fingerprint density at radius 1 is 1.58 bits per heavy atom. The van der Waals surface area contributed by atoms with Crippen molar-refractivity contribution in [3.8, 4) is 0 Å². The molecule has 0 spiro atoms. The zero-order valence-corrected chi connectivity index (χ0v) is 7.26. The van der Waals surface area contributed by atoms with E-state index >= 15 is 0 Å². The van der Waals surface area contributed by atoms with E-state index in [1.807, 2.05) is 0 Å². The van der Waals surface area contributed by atoms with Crippen LogP contribution < -0.4 is 4.72 Å². The molecule has 0 saturated heterocycles. The number of aliphatic hydroxyl groups is 1. The van der Waals surface area contributed by atoms with Crippen molar-refractivity contribution in [1.29, 1.82) is 0 Å². The first-order chi connectivity index (χ1) is 5.74. The summed E-state index contributed by atoms with van der Waals surface area (Å²) >= 11 is 3.73. The molecule has 0 heterocycles. The molecule has 1 rings (SSSR count). The van der Waals surface area contributed by atoms with Crippen LogP contribution in [0.3, 0.4) is 0 Å². The number of aliphatic hydroxyl groups excluding tert-OH is 1. The van der Waals surface area contributed by atoms with Crippen LogP contribution in [0.1, 0.15) is 11.7 Å². The van der Waals surface area contributed by atoms with Gasteiger partial charge < -0.3 is 5.11 Å². The minimum Gasteiger partial charge on any atom is -0.387 e. The van der Waals surface area contributed by atoms with Gasteiger partial charge in [0.15, 0.2) is 0 Å². The van der Waals surface area contributed by atoms with Gasteiger partial charge in [0.25, 0.3) is 0 Å². The first kappa shape index (κ1) is 9.51. The maximum absolute atomic E-state index is 12.6. The highest BCUT2D eigenvalue weighted by Gasteiger charge is 2.05. The minimum atomic E-state index is -0.710. The van der Waals surface area contributed by atoms with Gasteiger partial charge in [-0.1, -0.05) is 24.9 Å². The lowest BCUT2D eigenvalue weighted by Gasteiger charge is -2.08. The van der Waals surface area contributed by atoms with Crippen molar-refractivity contribution in [3.05, 3.63) is 35.6 Å². The van der Waals surface area contributed by atoms with E-state index in [9.17, 15) is 9.50 Å². The molecule has 0 amide bonds. The van der Waals surface area contributed by atoms with Crippen molar-refractivity contribution < 1.29 is 9.50 Å². The van der Waals surface area contributed by atoms with Crippen LogP contribution in [-0.2, 0) is 0 Å². The van der Waals surface area contributed by atoms with E-state index in [2.05, 4.69) is 17.5 Å². The number of thiol groups is 1. The van der Waals surface area contributed by atoms with Crippen molar-refractivity contribution in [2.24, 2.45) is 0 Å². The molecule has 12 heavy (non-hydrogen) atoms. The number of halogens is 1. The van der Waals surface area contributed by atoms with Gasteiger partial charge in [0.2, 0.25) is 0 Å². The molecule has 0 bridgehead atoms. The van der Waals surface area contributed by atoms with Crippen molar-refractivity contribution in [1.82, 2.24) is 4.72 Å². The van der Waals surface area contributed by atoms with Crippen LogP contribution >= 0.6 is 12.8 Å². The molecular weight excluding hydrogens is 177 g/mol. The summed E-state index contributed by atoms with van der Waals surface area (Å²) in [6.45, 7) is 0.298. The average Bonchev–Trinajstić information content (AvgIpc) is 2.05. The zero-order chi connectivity index (χ0) is 8.97. The summed E-state index contributed by atoms with van der Waals surface area (Å²) in [5, 5.41) is 9.37. The van der Waals surface area contributed by atoms with E-state index in [1.165, 1.54) is 12.1 Å². The number of benzene rings is 1. The standard InChI is InChI=1S/C8H10FNOS/c9-7-3-1-2-6(4-7)8(11)5-10-12/h1-4,8,10-12H,5H2. The predicted molar refractivity (Wildman–Crippen MR) is 48.3 cm³/mol. The number of rotatable bonds is 3. The number of hydrogen-bond donors (Lipinski definition) is 3. The molecule has 1 atom stereocenters. The second kappa shape index (κ2) is 4.45. The Morgan fingerprint density at radius 2 is 2.33 bits per heavy atom. The van der Waals surface area contributed by atoms with Crippen molar-refractivity contribution in [2.45, 2.75) is 6.10 Å². The van der Waals surface area contributed by atoms with Gasteiger partial charge in [-0.15, -0.1) is 0 Å². The zero-order valence-electron chi connectivity index (χ0n) is 6.37. The first-order valence-corrected chi connectivity index (χ1v) is 3.99. The summed E-state index contributed by atoms with van der Waals surface area (Å²) in [5.74, 6) is -0.342. The Morgan fingerprint density at radius 3 is 2.92 bits per heavy atom. The van der Waals surface area contributed by atoms with Crippen molar-refractivity contribution >= 4 is 12.8 Å². The van der Waals surface area contributed by atoms with Crippen LogP contribution in [0.2, 0.25) is 0 Å². The summed E-state index contributed by atoms with van der Waals surface area (Å²) in [6.07, 6.45) is -0.710. The fraction of sp³-hybridized carbons (Fsp3) is 0.250. The van der Waals surface area contributed by atoms with E-state index in [1.54, 1.807) is 12.1 Å². The fourth-order valence-corrected chi connectivity index (χ4v) is 1.09. The Kier molecular flexibility index (Phi) is 3.52. The van der Waals surface area contributed by atoms with Gasteiger partial charge in [0.1, 0.15) is 5.82 Å². The molecule has 1 aromatic rings. The molecule has 1 aromatic carbocycles. The maximum Gasteiger partial charge on any atom is 0.123 e. The smallest absolute Gasteiger partial charge is 0.123 e. The van der Waals surface area contributed by atoms with Crippen LogP contribution in [0.5, 0.6) is 0 Å². The van der Waals surface area contributed by atoms with E-state index < -0.39 is 6.10 Å². The molecule has 2 nitrogen and oxygen atoms in total. The Bertz CT molecular complexity index is 257. The number of hydrogen-bond acceptors (Lipinski definition) is 3. The average molecular weight is 187 g/mol. The highest BCUT2D eigenvalue weighted by molar-refractivity contribution is 7.78. The van der Waals surface area contributed by atoms with Crippen LogP contribution in [-0.4, -0.2) is 11.7 Å². The Labute approximate surface area is 76.0 Å². The third-order valence-corrected chi connectivity index (χ3v) is 1.70. The Hall–Kier alpha value is -0.580. The molecular formula is C8H10FNOS. The molecule has 66 valence electrons. The lowest BCUT2D eigenvalue weighted by atomic mass is 10.1. The topological polar surface area (TPSA) is 32.3 Å². The molecule has 0 radical (unpaired) electrons. The molecule has 0 aliphatic rings. The van der Waals surface area contributed by atoms with Crippen molar-refractivity contribution in [2.75, 3.05) is 6.54 Å². The van der Waals surface area contributed by atoms with Crippen LogP contribution in [0.25, 0.3) is 0 Å². The quantitative estimate of drug-likeness (QED) is 0.623. The summed E-state index contributed by atoms with van der Waals surface area (Å²) in [5.41, 5.74) is 0.552. The second-order valence-corrected chi connectivity index (χ2v) is 2.75. The SMILES string of the molecule is OC(CNS)c1cccc(F)c1. The summed E-state index contributed by atoms with van der Waals surface area (Å²) in [7, 11) is 0. The van der Waals surface area contributed by atoms with Gasteiger partial charge in [-0.2, -0.15) is 0 Å². The first-order valence-electron chi connectivity index (χ1n) is 3.54. The minimum absolute atomic E-state index is 0.298. The largest absolute Gasteiger partial charge is 0.387 e. The van der Waals surface area contributed by atoms with Gasteiger partial charge in [0, 0.05) is 6.54 Å². The predicted octanol–water partition coefficient (Wildman–Crippen LogP) is 1.29. The van der Waals surface area contributed by atoms with Crippen LogP contribution in [0.4, 0.5) is 4.39 Å². The van der Waals surface area contributed by atoms with Gasteiger partial charge in [-0.05, 0) is 17.7 Å². The van der Waals surface area contributed by atoms with Crippen LogP contribution in [0.15, 0.2) is 24.3 Å². The summed E-state index contributed by atoms with van der Waals surface area (Å²) in [4.78, 5) is 0. The highest BCUT2D eigenvalue weighted by Crippen LogP contribution is 2.12. The van der Waals surface area contributed by atoms with Crippen molar-refractivity contribution in [3.63, 3.8) is 0 Å². The normalized spacial score (nSPS) is 12.9. The lowest BCUT2D eigenvalue weighted by molar-refractivity contribution is 0.183. The second-order valence-electron chi connectivity index (χ2n) is 2.43. The van der Waals surface area contributed by atoms with Crippen LogP contribution in [0, 0.1) is 5.82 Å². The fourth-order valence-electron chi connectivity index (χ4n) is 0.918. The third kappa shape index (κ3) is 2.48. The summed E-state index contributed by atoms with van der Waals surface area (Å²) in [6, 6.07) is 5.87. The molecule has 0 fully saturated rings. The molecule has 0 aliphatic carbocycles. The van der Waals surface area contributed by atoms with Gasteiger partial charge in [-0.3, -0.25) is 4.72 Å². The van der Waals surface area contributed by atoms with E-state index in [0.717, 1.165) is 0 Å². The molecule has 0 aliphatic heterocycles. The van der Waals surface area contributed by atoms with Gasteiger partial charge >= 0.3 is 0 Å². The van der Waals surface area contributed by atoms with E-state index in [4.69, 9.17) is 0 Å². The molecule has 0 aromatic heterocycles. The molecule has 4 heteroatoms. The number of nitrogens with one attached hydrogen (secondary N) is 1.